The molecule has 0 saturated carbocycles. The average Bonchev–Trinajstić information content (AvgIpc) is 3.36. The summed E-state index contributed by atoms with van der Waals surface area (Å²) in [6.45, 7) is 6.38. The summed E-state index contributed by atoms with van der Waals surface area (Å²) < 4.78 is 16.8. The van der Waals surface area contributed by atoms with Crippen LogP contribution in [-0.2, 0) is 28.6 Å². The molecule has 0 bridgehead atoms. The molecule has 1 atom stereocenters. The highest BCUT2D eigenvalue weighted by Gasteiger charge is 2.19. The van der Waals surface area contributed by atoms with Crippen molar-refractivity contribution in [3.05, 3.63) is 134 Å². The summed E-state index contributed by atoms with van der Waals surface area (Å²) >= 11 is 0. The Balaban J connectivity index is 4.56. The first kappa shape index (κ1) is 65.5. The Morgan fingerprint density at radius 1 is 0.300 bits per heavy atom. The summed E-state index contributed by atoms with van der Waals surface area (Å²) in [5, 5.41) is 0. The zero-order valence-corrected chi connectivity index (χ0v) is 45.0. The molecule has 70 heavy (non-hydrogen) atoms. The van der Waals surface area contributed by atoms with Crippen molar-refractivity contribution < 1.29 is 28.6 Å². The van der Waals surface area contributed by atoms with E-state index < -0.39 is 6.10 Å². The molecule has 0 rings (SSSR count). The largest absolute Gasteiger partial charge is 0.462 e. The molecule has 0 aromatic carbocycles. The highest BCUT2D eigenvalue weighted by atomic mass is 16.6. The molecule has 0 aromatic rings. The van der Waals surface area contributed by atoms with Crippen LogP contribution in [0.1, 0.15) is 233 Å². The van der Waals surface area contributed by atoms with Crippen LogP contribution in [0.25, 0.3) is 0 Å². The molecule has 0 aliphatic rings. The van der Waals surface area contributed by atoms with Crippen LogP contribution in [0.4, 0.5) is 0 Å². The molecule has 0 saturated heterocycles. The second-order valence-corrected chi connectivity index (χ2v) is 18.1. The zero-order valence-electron chi connectivity index (χ0n) is 45.0. The van der Waals surface area contributed by atoms with E-state index in [-0.39, 0.29) is 37.5 Å². The molecule has 0 N–H and O–H groups in total. The lowest BCUT2D eigenvalue weighted by molar-refractivity contribution is -0.167. The van der Waals surface area contributed by atoms with Crippen LogP contribution in [0.15, 0.2) is 134 Å². The lowest BCUT2D eigenvalue weighted by atomic mass is 10.1. The highest BCUT2D eigenvalue weighted by Crippen LogP contribution is 2.12. The van der Waals surface area contributed by atoms with Gasteiger partial charge < -0.3 is 14.2 Å². The van der Waals surface area contributed by atoms with Crippen molar-refractivity contribution in [2.24, 2.45) is 0 Å². The minimum absolute atomic E-state index is 0.114. The molecule has 394 valence electrons. The molecular weight excluding hydrogens is 865 g/mol. The molecule has 0 amide bonds. The fourth-order valence-corrected chi connectivity index (χ4v) is 7.11. The normalized spacial score (nSPS) is 13.1. The first-order valence-electron chi connectivity index (χ1n) is 28.2. The van der Waals surface area contributed by atoms with Crippen molar-refractivity contribution in [2.75, 3.05) is 13.2 Å². The Bertz CT molecular complexity index is 1530. The monoisotopic (exact) mass is 967 g/mol. The first-order valence-corrected chi connectivity index (χ1v) is 28.2. The number of hydrogen-bond acceptors (Lipinski definition) is 6. The predicted octanol–water partition coefficient (Wildman–Crippen LogP) is 19.0. The summed E-state index contributed by atoms with van der Waals surface area (Å²) in [5.41, 5.74) is 0. The van der Waals surface area contributed by atoms with Gasteiger partial charge in [-0.3, -0.25) is 14.4 Å². The Hall–Kier alpha value is -4.45. The van der Waals surface area contributed by atoms with Gasteiger partial charge in [0.2, 0.25) is 0 Å². The van der Waals surface area contributed by atoms with Crippen LogP contribution in [0.5, 0.6) is 0 Å². The second kappa shape index (κ2) is 57.1. The number of carbonyl (C=O) groups is 3. The van der Waals surface area contributed by atoms with Gasteiger partial charge in [0, 0.05) is 19.3 Å². The zero-order chi connectivity index (χ0) is 50.7. The van der Waals surface area contributed by atoms with Crippen LogP contribution in [-0.4, -0.2) is 37.2 Å². The standard InChI is InChI=1S/C64H102O6/c1-4-7-10-13-16-19-22-25-28-30-32-34-36-39-42-45-48-51-54-57-63(66)69-60-61(59-68-62(65)56-53-50-47-44-41-38-27-24-21-18-15-12-9-6-3)70-64(67)58-55-52-49-46-43-40-37-35-33-31-29-26-23-20-17-14-11-8-5-2/h7,10,15-20,24-29,32-35,39-40,42-43,61H,4-6,8-9,11-14,21-23,30-31,36-38,41,44-60H2,1-3H3/b10-7-,18-15-,19-16-,20-17-,27-24-,28-25-,29-26-,34-32-,35-33-,42-39-,43-40-/t61-/m1/s1. The molecule has 6 nitrogen and oxygen atoms in total. The van der Waals surface area contributed by atoms with Gasteiger partial charge in [0.05, 0.1) is 0 Å². The van der Waals surface area contributed by atoms with Crippen LogP contribution >= 0.6 is 0 Å². The van der Waals surface area contributed by atoms with E-state index in [4.69, 9.17) is 14.2 Å². The van der Waals surface area contributed by atoms with Crippen LogP contribution in [0.2, 0.25) is 0 Å². The van der Waals surface area contributed by atoms with E-state index in [1.54, 1.807) is 0 Å². The minimum Gasteiger partial charge on any atom is -0.462 e. The van der Waals surface area contributed by atoms with Gasteiger partial charge in [-0.05, 0) is 135 Å². The number of hydrogen-bond donors (Lipinski definition) is 0. The molecule has 0 aliphatic carbocycles. The van der Waals surface area contributed by atoms with Crippen molar-refractivity contribution >= 4 is 17.9 Å². The van der Waals surface area contributed by atoms with E-state index in [1.165, 1.54) is 44.9 Å². The molecule has 0 heterocycles. The number of unbranched alkanes of at least 4 members (excludes halogenated alkanes) is 16. The summed E-state index contributed by atoms with van der Waals surface area (Å²) in [5.74, 6) is -0.997. The van der Waals surface area contributed by atoms with Crippen molar-refractivity contribution in [2.45, 2.75) is 239 Å². The van der Waals surface area contributed by atoms with Gasteiger partial charge in [0.15, 0.2) is 6.10 Å². The third-order valence-corrected chi connectivity index (χ3v) is 11.4. The fraction of sp³-hybridized carbons (Fsp3) is 0.609. The molecular formula is C64H102O6. The SMILES string of the molecule is CC/C=C\C/C=C\C/C=C\C/C=C\C/C=C\CCCCCC(=O)OC[C@@H](COC(=O)CCCCCCC/C=C\C/C=C\CCCC)OC(=O)CCCCC/C=C\C/C=C\C/C=C\C/C=C\CCCCC. The summed E-state index contributed by atoms with van der Waals surface area (Å²) in [6.07, 6.45) is 80.0. The molecule has 0 aliphatic heterocycles. The molecule has 0 spiro atoms. The number of rotatable bonds is 49. The lowest BCUT2D eigenvalue weighted by Gasteiger charge is -2.18. The maximum absolute atomic E-state index is 12.8. The molecule has 0 radical (unpaired) electrons. The fourth-order valence-electron chi connectivity index (χ4n) is 7.11. The van der Waals surface area contributed by atoms with Gasteiger partial charge in [-0.25, -0.2) is 0 Å². The van der Waals surface area contributed by atoms with E-state index in [9.17, 15) is 14.4 Å². The number of ether oxygens (including phenoxy) is 3. The molecule has 0 fully saturated rings. The van der Waals surface area contributed by atoms with E-state index >= 15 is 0 Å². The van der Waals surface area contributed by atoms with E-state index in [0.29, 0.717) is 19.3 Å². The average molecular weight is 968 g/mol. The van der Waals surface area contributed by atoms with Crippen LogP contribution in [0.3, 0.4) is 0 Å². The van der Waals surface area contributed by atoms with Gasteiger partial charge in [0.25, 0.3) is 0 Å². The van der Waals surface area contributed by atoms with Crippen molar-refractivity contribution in [1.82, 2.24) is 0 Å². The Labute approximate surface area is 430 Å². The van der Waals surface area contributed by atoms with Gasteiger partial charge in [-0.1, -0.05) is 212 Å². The second-order valence-electron chi connectivity index (χ2n) is 18.1. The summed E-state index contributed by atoms with van der Waals surface area (Å²) in [4.78, 5) is 38.1. The predicted molar refractivity (Wildman–Crippen MR) is 302 cm³/mol. The number of carbonyl (C=O) groups excluding carboxylic acids is 3. The van der Waals surface area contributed by atoms with Crippen LogP contribution in [0, 0.1) is 0 Å². The minimum atomic E-state index is -0.820. The van der Waals surface area contributed by atoms with Gasteiger partial charge in [-0.2, -0.15) is 0 Å². The third-order valence-electron chi connectivity index (χ3n) is 11.4. The van der Waals surface area contributed by atoms with E-state index in [2.05, 4.69) is 154 Å². The third kappa shape index (κ3) is 54.5. The van der Waals surface area contributed by atoms with E-state index in [1.807, 2.05) is 0 Å². The Morgan fingerprint density at radius 3 is 0.929 bits per heavy atom. The van der Waals surface area contributed by atoms with Gasteiger partial charge in [0.1, 0.15) is 13.2 Å². The number of allylic oxidation sites excluding steroid dienone is 22. The maximum Gasteiger partial charge on any atom is 0.306 e. The quantitative estimate of drug-likeness (QED) is 0.0262. The van der Waals surface area contributed by atoms with Crippen molar-refractivity contribution in [3.63, 3.8) is 0 Å². The maximum atomic E-state index is 12.8. The Morgan fingerprint density at radius 2 is 0.571 bits per heavy atom. The van der Waals surface area contributed by atoms with E-state index in [0.717, 1.165) is 141 Å². The van der Waals surface area contributed by atoms with Crippen molar-refractivity contribution in [1.29, 1.82) is 0 Å². The first-order chi connectivity index (χ1) is 34.5. The highest BCUT2D eigenvalue weighted by molar-refractivity contribution is 5.71. The topological polar surface area (TPSA) is 78.9 Å². The van der Waals surface area contributed by atoms with Crippen molar-refractivity contribution in [3.8, 4) is 0 Å². The van der Waals surface area contributed by atoms with Crippen LogP contribution < -0.4 is 0 Å². The molecule has 6 heteroatoms. The van der Waals surface area contributed by atoms with Gasteiger partial charge in [-0.15, -0.1) is 0 Å². The Kier molecular flexibility index (Phi) is 53.5. The summed E-state index contributed by atoms with van der Waals surface area (Å²) in [7, 11) is 0. The molecule has 0 aromatic heterocycles. The smallest absolute Gasteiger partial charge is 0.306 e. The molecule has 0 unspecified atom stereocenters. The summed E-state index contributed by atoms with van der Waals surface area (Å²) in [6, 6.07) is 0. The number of esters is 3. The lowest BCUT2D eigenvalue weighted by Crippen LogP contribution is -2.30. The van der Waals surface area contributed by atoms with Gasteiger partial charge >= 0.3 is 17.9 Å².